The fourth-order valence-electron chi connectivity index (χ4n) is 4.91. The Morgan fingerprint density at radius 1 is 1.08 bits per heavy atom. The summed E-state index contributed by atoms with van der Waals surface area (Å²) in [5.74, 6) is 3.33. The van der Waals surface area contributed by atoms with Gasteiger partial charge in [0.05, 0.1) is 6.26 Å². The molecule has 1 saturated heterocycles. The van der Waals surface area contributed by atoms with E-state index in [9.17, 15) is 8.42 Å². The number of halogens is 1. The van der Waals surface area contributed by atoms with E-state index in [4.69, 9.17) is 0 Å². The Kier molecular flexibility index (Phi) is 8.46. The van der Waals surface area contributed by atoms with E-state index in [1.165, 1.54) is 44.8 Å². The van der Waals surface area contributed by atoms with Crippen molar-refractivity contribution in [1.29, 1.82) is 0 Å². The molecule has 152 valence electrons. The summed E-state index contributed by atoms with van der Waals surface area (Å²) in [6.45, 7) is 2.15. The first-order chi connectivity index (χ1) is 12.0. The number of hydrogen-bond donors (Lipinski definition) is 2. The average molecular weight is 498 g/mol. The van der Waals surface area contributed by atoms with Crippen molar-refractivity contribution < 1.29 is 8.42 Å². The second-order valence-electron chi connectivity index (χ2n) is 8.16. The van der Waals surface area contributed by atoms with E-state index >= 15 is 0 Å². The molecule has 0 spiro atoms. The first kappa shape index (κ1) is 22.2. The van der Waals surface area contributed by atoms with Crippen LogP contribution in [0.5, 0.6) is 0 Å². The van der Waals surface area contributed by atoms with Gasteiger partial charge in [-0.3, -0.25) is 4.99 Å². The van der Waals surface area contributed by atoms with Crippen LogP contribution in [0.1, 0.15) is 51.4 Å². The Bertz CT molecular complexity index is 576. The number of guanidine groups is 1. The second kappa shape index (κ2) is 9.91. The summed E-state index contributed by atoms with van der Waals surface area (Å²) in [6.07, 6.45) is 11.3. The molecular formula is C18H35IN4O2S. The zero-order chi connectivity index (χ0) is 17.9. The molecule has 8 heteroatoms. The predicted molar refractivity (Wildman–Crippen MR) is 118 cm³/mol. The van der Waals surface area contributed by atoms with E-state index in [-0.39, 0.29) is 24.0 Å². The lowest BCUT2D eigenvalue weighted by atomic mass is 9.79. The van der Waals surface area contributed by atoms with Crippen LogP contribution in [-0.4, -0.2) is 57.7 Å². The van der Waals surface area contributed by atoms with Crippen molar-refractivity contribution in [3.63, 3.8) is 0 Å². The fraction of sp³-hybridized carbons (Fsp3) is 0.944. The van der Waals surface area contributed by atoms with Crippen LogP contribution < -0.4 is 10.6 Å². The normalized spacial score (nSPS) is 31.2. The van der Waals surface area contributed by atoms with Gasteiger partial charge in [-0.15, -0.1) is 24.0 Å². The molecule has 2 N–H and O–H groups in total. The molecule has 0 aromatic rings. The van der Waals surface area contributed by atoms with Gasteiger partial charge in [-0.2, -0.15) is 0 Å². The van der Waals surface area contributed by atoms with Crippen LogP contribution in [0.15, 0.2) is 4.99 Å². The Morgan fingerprint density at radius 3 is 2.42 bits per heavy atom. The van der Waals surface area contributed by atoms with Crippen LogP contribution in [0.3, 0.4) is 0 Å². The highest BCUT2D eigenvalue weighted by atomic mass is 127. The maximum absolute atomic E-state index is 11.6. The van der Waals surface area contributed by atoms with Crippen LogP contribution in [-0.2, 0) is 10.0 Å². The van der Waals surface area contributed by atoms with E-state index in [0.29, 0.717) is 25.0 Å². The van der Waals surface area contributed by atoms with Crippen molar-refractivity contribution >= 4 is 40.0 Å². The first-order valence-electron chi connectivity index (χ1n) is 9.88. The Labute approximate surface area is 176 Å². The average Bonchev–Trinajstić information content (AvgIpc) is 3.06. The summed E-state index contributed by atoms with van der Waals surface area (Å²) in [4.78, 5) is 4.39. The van der Waals surface area contributed by atoms with E-state index < -0.39 is 10.0 Å². The molecule has 6 nitrogen and oxygen atoms in total. The molecule has 3 aliphatic rings. The number of nitrogens with zero attached hydrogens (tertiary/aromatic N) is 2. The van der Waals surface area contributed by atoms with Crippen molar-refractivity contribution in [2.24, 2.45) is 22.7 Å². The molecule has 0 aromatic carbocycles. The predicted octanol–water partition coefficient (Wildman–Crippen LogP) is 2.41. The summed E-state index contributed by atoms with van der Waals surface area (Å²) in [7, 11) is -1.20. The van der Waals surface area contributed by atoms with Gasteiger partial charge >= 0.3 is 0 Å². The molecule has 0 radical (unpaired) electrons. The molecule has 3 rings (SSSR count). The third-order valence-corrected chi connectivity index (χ3v) is 7.76. The first-order valence-corrected chi connectivity index (χ1v) is 11.7. The number of aliphatic imine (C=N–C) groups is 1. The number of sulfonamides is 1. The second-order valence-corrected chi connectivity index (χ2v) is 10.1. The molecule has 2 aliphatic carbocycles. The Balaban J connectivity index is 0.00000243. The molecule has 2 saturated carbocycles. The minimum atomic E-state index is -3.03. The standard InChI is InChI=1S/C18H34N4O2S.HI/c1-19-18(21-17-7-6-15-4-3-5-16(15)12-17)20-13-14-8-10-22(11-9-14)25(2,23)24;/h14-17H,3-13H2,1-2H3,(H2,19,20,21);1H. The van der Waals surface area contributed by atoms with Crippen molar-refractivity contribution in [2.45, 2.75) is 57.4 Å². The number of hydrogen-bond acceptors (Lipinski definition) is 3. The van der Waals surface area contributed by atoms with Crippen molar-refractivity contribution in [1.82, 2.24) is 14.9 Å². The van der Waals surface area contributed by atoms with E-state index in [1.807, 2.05) is 7.05 Å². The highest BCUT2D eigenvalue weighted by Gasteiger charge is 2.34. The topological polar surface area (TPSA) is 73.8 Å². The lowest BCUT2D eigenvalue weighted by molar-refractivity contribution is 0.238. The number of piperidine rings is 1. The lowest BCUT2D eigenvalue weighted by Crippen LogP contribution is -2.48. The summed E-state index contributed by atoms with van der Waals surface area (Å²) in [5.41, 5.74) is 0. The van der Waals surface area contributed by atoms with E-state index in [0.717, 1.165) is 37.2 Å². The van der Waals surface area contributed by atoms with Gasteiger partial charge in [-0.1, -0.05) is 19.3 Å². The van der Waals surface area contributed by atoms with Gasteiger partial charge in [-0.25, -0.2) is 12.7 Å². The fourth-order valence-corrected chi connectivity index (χ4v) is 5.78. The van der Waals surface area contributed by atoms with Crippen LogP contribution >= 0.6 is 24.0 Å². The maximum Gasteiger partial charge on any atom is 0.211 e. The summed E-state index contributed by atoms with van der Waals surface area (Å²) in [5, 5.41) is 7.09. The molecule has 0 bridgehead atoms. The molecule has 1 heterocycles. The Hall–Kier alpha value is -0.0900. The van der Waals surface area contributed by atoms with Gasteiger partial charge in [0.15, 0.2) is 5.96 Å². The van der Waals surface area contributed by atoms with Crippen molar-refractivity contribution in [2.75, 3.05) is 32.9 Å². The zero-order valence-corrected chi connectivity index (χ0v) is 19.3. The van der Waals surface area contributed by atoms with Gasteiger partial charge in [0.25, 0.3) is 0 Å². The van der Waals surface area contributed by atoms with Crippen LogP contribution in [0.2, 0.25) is 0 Å². The zero-order valence-electron chi connectivity index (χ0n) is 16.1. The molecule has 0 amide bonds. The van der Waals surface area contributed by atoms with Crippen molar-refractivity contribution in [3.8, 4) is 0 Å². The van der Waals surface area contributed by atoms with E-state index in [1.54, 1.807) is 4.31 Å². The highest BCUT2D eigenvalue weighted by Crippen LogP contribution is 2.42. The summed E-state index contributed by atoms with van der Waals surface area (Å²) in [6, 6.07) is 0.553. The third kappa shape index (κ3) is 5.95. The molecule has 1 aliphatic heterocycles. The lowest BCUT2D eigenvalue weighted by Gasteiger charge is -2.34. The van der Waals surface area contributed by atoms with Gasteiger partial charge < -0.3 is 10.6 Å². The van der Waals surface area contributed by atoms with Crippen LogP contribution in [0.4, 0.5) is 0 Å². The van der Waals surface area contributed by atoms with Gasteiger partial charge in [0.2, 0.25) is 10.0 Å². The summed E-state index contributed by atoms with van der Waals surface area (Å²) < 4.78 is 24.8. The highest BCUT2D eigenvalue weighted by molar-refractivity contribution is 14.0. The minimum Gasteiger partial charge on any atom is -0.356 e. The number of fused-ring (bicyclic) bond motifs is 1. The molecule has 3 fully saturated rings. The number of nitrogens with one attached hydrogen (secondary N) is 2. The molecular weight excluding hydrogens is 463 g/mol. The SMILES string of the molecule is CN=C(NCC1CCN(S(C)(=O)=O)CC1)NC1CCC2CCCC2C1.I. The van der Waals surface area contributed by atoms with Crippen molar-refractivity contribution in [3.05, 3.63) is 0 Å². The van der Waals surface area contributed by atoms with Gasteiger partial charge in [0.1, 0.15) is 0 Å². The number of rotatable bonds is 4. The molecule has 0 aromatic heterocycles. The minimum absolute atomic E-state index is 0. The quantitative estimate of drug-likeness (QED) is 0.355. The smallest absolute Gasteiger partial charge is 0.211 e. The van der Waals surface area contributed by atoms with Crippen LogP contribution in [0.25, 0.3) is 0 Å². The van der Waals surface area contributed by atoms with Gasteiger partial charge in [0, 0.05) is 32.7 Å². The monoisotopic (exact) mass is 498 g/mol. The Morgan fingerprint density at radius 2 is 1.77 bits per heavy atom. The summed E-state index contributed by atoms with van der Waals surface area (Å²) >= 11 is 0. The maximum atomic E-state index is 11.6. The van der Waals surface area contributed by atoms with Crippen LogP contribution in [0, 0.1) is 17.8 Å². The molecule has 3 unspecified atom stereocenters. The third-order valence-electron chi connectivity index (χ3n) is 6.45. The largest absolute Gasteiger partial charge is 0.356 e. The molecule has 3 atom stereocenters. The molecule has 26 heavy (non-hydrogen) atoms. The van der Waals surface area contributed by atoms with Gasteiger partial charge in [-0.05, 0) is 49.9 Å². The van der Waals surface area contributed by atoms with E-state index in [2.05, 4.69) is 15.6 Å².